The molecule has 2 aromatic heterocycles. The number of nitriles is 1. The Morgan fingerprint density at radius 3 is 1.44 bits per heavy atom. The summed E-state index contributed by atoms with van der Waals surface area (Å²) in [6, 6.07) is 52.8. The lowest BCUT2D eigenvalue weighted by Gasteiger charge is -2.27. The number of nitrogens with zero attached hydrogens (tertiary/aromatic N) is 4. The predicted octanol–water partition coefficient (Wildman–Crippen LogP) is 17.0. The topological polar surface area (TPSA) is 60.9 Å². The van der Waals surface area contributed by atoms with Crippen molar-refractivity contribution in [1.82, 2.24) is 0 Å². The van der Waals surface area contributed by atoms with Crippen LogP contribution in [0.3, 0.4) is 0 Å². The quantitative estimate of drug-likeness (QED) is 0.156. The molecule has 2 heterocycles. The van der Waals surface area contributed by atoms with E-state index >= 15 is 0 Å². The fourth-order valence-corrected chi connectivity index (χ4v) is 9.37. The summed E-state index contributed by atoms with van der Waals surface area (Å²) in [5.41, 5.74) is 18.0. The number of furan rings is 2. The molecule has 0 spiro atoms. The Morgan fingerprint density at radius 2 is 0.922 bits per heavy atom. The number of anilines is 6. The largest absolute Gasteiger partial charge is 0.456 e. The molecule has 0 atom stereocenters. The number of rotatable bonds is 6. The molecule has 0 fully saturated rings. The van der Waals surface area contributed by atoms with Gasteiger partial charge >= 0.3 is 0 Å². The molecule has 306 valence electrons. The monoisotopic (exact) mass is 826 g/mol. The number of hydrogen-bond donors (Lipinski definition) is 0. The van der Waals surface area contributed by atoms with Gasteiger partial charge < -0.3 is 18.6 Å². The maximum absolute atomic E-state index is 9.53. The molecule has 9 aromatic carbocycles. The zero-order valence-corrected chi connectivity index (χ0v) is 36.5. The maximum atomic E-state index is 9.53. The average Bonchev–Trinajstić information content (AvgIpc) is 3.85. The van der Waals surface area contributed by atoms with Crippen LogP contribution >= 0.6 is 0 Å². The zero-order chi connectivity index (χ0) is 44.0. The number of aryl methyl sites for hydroxylation is 4. The molecule has 0 aliphatic heterocycles. The van der Waals surface area contributed by atoms with E-state index in [1.165, 1.54) is 33.4 Å². The van der Waals surface area contributed by atoms with E-state index in [2.05, 4.69) is 159 Å². The highest BCUT2D eigenvalue weighted by atomic mass is 16.3. The van der Waals surface area contributed by atoms with Crippen LogP contribution in [0.1, 0.15) is 38.9 Å². The second-order valence-corrected chi connectivity index (χ2v) is 17.1. The Bertz CT molecular complexity index is 3780. The van der Waals surface area contributed by atoms with Gasteiger partial charge in [-0.25, -0.2) is 4.85 Å². The molecular formula is C58H42N4O2. The molecule has 0 radical (unpaired) electrons. The van der Waals surface area contributed by atoms with Crippen LogP contribution in [-0.2, 0) is 0 Å². The van der Waals surface area contributed by atoms with Gasteiger partial charge in [-0.1, -0.05) is 24.3 Å². The van der Waals surface area contributed by atoms with Gasteiger partial charge in [0, 0.05) is 50.3 Å². The van der Waals surface area contributed by atoms with Gasteiger partial charge in [-0.05, 0) is 218 Å². The fourth-order valence-electron chi connectivity index (χ4n) is 9.37. The minimum Gasteiger partial charge on any atom is -0.456 e. The van der Waals surface area contributed by atoms with Crippen LogP contribution in [0.15, 0.2) is 154 Å². The summed E-state index contributed by atoms with van der Waals surface area (Å²) in [6.07, 6.45) is 0. The third-order valence-corrected chi connectivity index (χ3v) is 13.3. The molecule has 0 aliphatic rings. The third kappa shape index (κ3) is 6.23. The van der Waals surface area contributed by atoms with Crippen molar-refractivity contribution in [2.45, 2.75) is 41.5 Å². The van der Waals surface area contributed by atoms with E-state index < -0.39 is 0 Å². The molecular weight excluding hydrogens is 785 g/mol. The molecule has 6 heteroatoms. The Hall–Kier alpha value is -8.32. The van der Waals surface area contributed by atoms with Gasteiger partial charge in [0.15, 0.2) is 5.69 Å². The summed E-state index contributed by atoms with van der Waals surface area (Å²) in [5.74, 6) is 0. The van der Waals surface area contributed by atoms with Gasteiger partial charge in [-0.3, -0.25) is 0 Å². The van der Waals surface area contributed by atoms with Crippen molar-refractivity contribution in [3.63, 3.8) is 0 Å². The van der Waals surface area contributed by atoms with E-state index in [9.17, 15) is 5.26 Å². The summed E-state index contributed by atoms with van der Waals surface area (Å²) in [6.45, 7) is 20.5. The second kappa shape index (κ2) is 14.7. The van der Waals surface area contributed by atoms with Crippen molar-refractivity contribution in [2.75, 3.05) is 9.80 Å². The van der Waals surface area contributed by atoms with Gasteiger partial charge in [0.2, 0.25) is 0 Å². The molecule has 0 saturated heterocycles. The summed E-state index contributed by atoms with van der Waals surface area (Å²) in [4.78, 5) is 8.15. The first-order valence-electron chi connectivity index (χ1n) is 21.5. The van der Waals surface area contributed by atoms with E-state index in [4.69, 9.17) is 15.4 Å². The highest BCUT2D eigenvalue weighted by Gasteiger charge is 2.21. The van der Waals surface area contributed by atoms with Crippen molar-refractivity contribution < 1.29 is 8.83 Å². The standard InChI is InChI=1S/C58H42N4O2/c1-33-22-49(23-34(2)37(33)5)61(45-14-8-39(32-59)9-15-45)47-17-11-41-29-53-56(31-43(41)27-47)63-54-21-20-51-52-28-40-10-16-48(26-42(40)30-55(52)64-58(51)57(53)54)62(46-18-12-44(60-7)13-19-46)50-24-35(3)38(6)36(4)25-50/h8-31H,1-6H3. The van der Waals surface area contributed by atoms with Gasteiger partial charge in [-0.15, -0.1) is 0 Å². The lowest BCUT2D eigenvalue weighted by molar-refractivity contribution is 0.663. The molecule has 64 heavy (non-hydrogen) atoms. The molecule has 0 N–H and O–H groups in total. The van der Waals surface area contributed by atoms with Gasteiger partial charge in [0.1, 0.15) is 22.3 Å². The number of fused-ring (bicyclic) bond motifs is 9. The van der Waals surface area contributed by atoms with E-state index in [1.54, 1.807) is 0 Å². The Morgan fingerprint density at radius 1 is 0.438 bits per heavy atom. The lowest BCUT2D eigenvalue weighted by Crippen LogP contribution is -2.11. The van der Waals surface area contributed by atoms with Crippen molar-refractivity contribution >= 4 is 105 Å². The van der Waals surface area contributed by atoms with Gasteiger partial charge in [0.25, 0.3) is 0 Å². The van der Waals surface area contributed by atoms with E-state index in [0.717, 1.165) is 99.5 Å². The summed E-state index contributed by atoms with van der Waals surface area (Å²) in [7, 11) is 0. The average molecular weight is 827 g/mol. The van der Waals surface area contributed by atoms with E-state index in [1.807, 2.05) is 48.5 Å². The maximum Gasteiger partial charge on any atom is 0.187 e. The van der Waals surface area contributed by atoms with E-state index in [0.29, 0.717) is 11.3 Å². The van der Waals surface area contributed by atoms with Crippen molar-refractivity contribution in [3.8, 4) is 6.07 Å². The number of hydrogen-bond acceptors (Lipinski definition) is 5. The first kappa shape index (κ1) is 38.6. The Kier molecular flexibility index (Phi) is 8.84. The Balaban J connectivity index is 1.03. The van der Waals surface area contributed by atoms with Crippen LogP contribution in [0.5, 0.6) is 0 Å². The van der Waals surface area contributed by atoms with Crippen LogP contribution in [0, 0.1) is 59.4 Å². The first-order chi connectivity index (χ1) is 31.0. The van der Waals surface area contributed by atoms with Gasteiger partial charge in [-0.2, -0.15) is 5.26 Å². The van der Waals surface area contributed by atoms with Gasteiger partial charge in [0.05, 0.1) is 23.6 Å². The smallest absolute Gasteiger partial charge is 0.187 e. The van der Waals surface area contributed by atoms with Crippen LogP contribution in [0.25, 0.3) is 70.3 Å². The minimum absolute atomic E-state index is 0.610. The molecule has 11 aromatic rings. The van der Waals surface area contributed by atoms with E-state index in [-0.39, 0.29) is 0 Å². The summed E-state index contributed by atoms with van der Waals surface area (Å²) < 4.78 is 13.5. The van der Waals surface area contributed by atoms with Crippen LogP contribution in [0.4, 0.5) is 39.8 Å². The summed E-state index contributed by atoms with van der Waals surface area (Å²) in [5, 5.41) is 17.9. The zero-order valence-electron chi connectivity index (χ0n) is 36.5. The minimum atomic E-state index is 0.610. The van der Waals surface area contributed by atoms with Crippen LogP contribution < -0.4 is 9.80 Å². The van der Waals surface area contributed by atoms with Crippen molar-refractivity contribution in [1.29, 1.82) is 5.26 Å². The van der Waals surface area contributed by atoms with Crippen molar-refractivity contribution in [3.05, 3.63) is 196 Å². The second-order valence-electron chi connectivity index (χ2n) is 17.1. The predicted molar refractivity (Wildman–Crippen MR) is 265 cm³/mol. The summed E-state index contributed by atoms with van der Waals surface area (Å²) >= 11 is 0. The van der Waals surface area contributed by atoms with Crippen molar-refractivity contribution in [2.24, 2.45) is 0 Å². The third-order valence-electron chi connectivity index (χ3n) is 13.3. The van der Waals surface area contributed by atoms with Crippen LogP contribution in [-0.4, -0.2) is 0 Å². The lowest BCUT2D eigenvalue weighted by atomic mass is 10.0. The fraction of sp³-hybridized carbons (Fsp3) is 0.103. The first-order valence-corrected chi connectivity index (χ1v) is 21.5. The highest BCUT2D eigenvalue weighted by molar-refractivity contribution is 6.24. The molecule has 0 unspecified atom stereocenters. The molecule has 0 amide bonds. The molecule has 6 nitrogen and oxygen atoms in total. The Labute approximate surface area is 371 Å². The molecule has 11 rings (SSSR count). The van der Waals surface area contributed by atoms with Crippen LogP contribution in [0.2, 0.25) is 0 Å². The SMILES string of the molecule is [C-]#[N+]c1ccc(N(c2cc(C)c(C)c(C)c2)c2ccc3cc4c(cc3c2)oc2c4ccc3oc4cc5cc(N(c6ccc(C#N)cc6)c6cc(C)c(C)c(C)c6)ccc5cc4c32)cc1. The normalized spacial score (nSPS) is 11.6. The highest BCUT2D eigenvalue weighted by Crippen LogP contribution is 2.45. The molecule has 0 bridgehead atoms. The molecule has 0 aliphatic carbocycles. The number of benzene rings is 9. The molecule has 0 saturated carbocycles.